The summed E-state index contributed by atoms with van der Waals surface area (Å²) in [6, 6.07) is 15.7. The van der Waals surface area contributed by atoms with E-state index in [1.165, 1.54) is 12.1 Å². The van der Waals surface area contributed by atoms with Gasteiger partial charge in [0, 0.05) is 37.5 Å². The lowest BCUT2D eigenvalue weighted by molar-refractivity contribution is -0.274. The van der Waals surface area contributed by atoms with Crippen molar-refractivity contribution < 1.29 is 17.9 Å². The van der Waals surface area contributed by atoms with E-state index in [-0.39, 0.29) is 36.3 Å². The number of rotatable bonds is 6. The molecule has 0 aliphatic carbocycles. The van der Waals surface area contributed by atoms with Gasteiger partial charge in [-0.2, -0.15) is 5.10 Å². The summed E-state index contributed by atoms with van der Waals surface area (Å²) in [7, 11) is 1.58. The Kier molecular flexibility index (Phi) is 8.51. The number of alkyl halides is 3. The maximum absolute atomic E-state index is 12.5. The Hall–Kier alpha value is -2.76. The highest BCUT2D eigenvalue weighted by molar-refractivity contribution is 14.0. The standard InChI is InChI=1S/C20H20F3N5O.HI/c1-24-19(26-13-16-7-5-6-10-18(16)29-20(21,22)23)25-11-15-12-27-28(14-15)17-8-3-2-4-9-17;/h2-10,12,14H,11,13H2,1H3,(H2,24,25,26);1H. The van der Waals surface area contributed by atoms with Crippen LogP contribution in [0.3, 0.4) is 0 Å². The number of aliphatic imine (C=N–C) groups is 1. The van der Waals surface area contributed by atoms with Gasteiger partial charge >= 0.3 is 6.36 Å². The molecule has 0 spiro atoms. The van der Waals surface area contributed by atoms with E-state index >= 15 is 0 Å². The molecule has 30 heavy (non-hydrogen) atoms. The maximum atomic E-state index is 12.5. The molecule has 0 atom stereocenters. The Labute approximate surface area is 189 Å². The Morgan fingerprint density at radius 3 is 2.40 bits per heavy atom. The fraction of sp³-hybridized carbons (Fsp3) is 0.200. The van der Waals surface area contributed by atoms with Crippen LogP contribution in [-0.2, 0) is 13.1 Å². The zero-order valence-corrected chi connectivity index (χ0v) is 18.4. The van der Waals surface area contributed by atoms with Gasteiger partial charge in [0.25, 0.3) is 0 Å². The summed E-state index contributed by atoms with van der Waals surface area (Å²) in [5, 5.41) is 10.4. The second kappa shape index (κ2) is 10.9. The van der Waals surface area contributed by atoms with Crippen LogP contribution in [0.15, 0.2) is 72.0 Å². The van der Waals surface area contributed by atoms with Crippen LogP contribution in [-0.4, -0.2) is 29.2 Å². The van der Waals surface area contributed by atoms with E-state index in [1.807, 2.05) is 36.5 Å². The number of halogens is 4. The lowest BCUT2D eigenvalue weighted by Gasteiger charge is -2.15. The topological polar surface area (TPSA) is 63.5 Å². The van der Waals surface area contributed by atoms with E-state index in [1.54, 1.807) is 30.1 Å². The average Bonchev–Trinajstić information content (AvgIpc) is 3.18. The molecular weight excluding hydrogens is 510 g/mol. The van der Waals surface area contributed by atoms with Crippen LogP contribution in [0, 0.1) is 0 Å². The Morgan fingerprint density at radius 2 is 1.70 bits per heavy atom. The number of para-hydroxylation sites is 2. The Morgan fingerprint density at radius 1 is 1.03 bits per heavy atom. The lowest BCUT2D eigenvalue weighted by atomic mass is 10.2. The highest BCUT2D eigenvalue weighted by Gasteiger charge is 2.31. The van der Waals surface area contributed by atoms with Crippen molar-refractivity contribution in [2.24, 2.45) is 4.99 Å². The first-order chi connectivity index (χ1) is 13.9. The van der Waals surface area contributed by atoms with Crippen molar-refractivity contribution in [3.8, 4) is 11.4 Å². The predicted octanol–water partition coefficient (Wildman–Crippen LogP) is 4.25. The number of nitrogens with zero attached hydrogens (tertiary/aromatic N) is 3. The minimum atomic E-state index is -4.74. The molecule has 10 heteroatoms. The predicted molar refractivity (Wildman–Crippen MR) is 119 cm³/mol. The summed E-state index contributed by atoms with van der Waals surface area (Å²) < 4.78 is 43.4. The van der Waals surface area contributed by atoms with Crippen molar-refractivity contribution in [1.82, 2.24) is 20.4 Å². The van der Waals surface area contributed by atoms with Gasteiger partial charge in [0.15, 0.2) is 5.96 Å². The summed E-state index contributed by atoms with van der Waals surface area (Å²) in [4.78, 5) is 4.09. The number of hydrogen-bond acceptors (Lipinski definition) is 3. The zero-order chi connectivity index (χ0) is 20.7. The third-order valence-electron chi connectivity index (χ3n) is 3.98. The summed E-state index contributed by atoms with van der Waals surface area (Å²) >= 11 is 0. The number of ether oxygens (including phenoxy) is 1. The van der Waals surface area contributed by atoms with Crippen molar-refractivity contribution >= 4 is 29.9 Å². The largest absolute Gasteiger partial charge is 0.573 e. The summed E-state index contributed by atoms with van der Waals surface area (Å²) in [5.41, 5.74) is 2.24. The Balaban J connectivity index is 0.00000320. The van der Waals surface area contributed by atoms with E-state index in [0.717, 1.165) is 11.3 Å². The zero-order valence-electron chi connectivity index (χ0n) is 16.1. The third kappa shape index (κ3) is 6.94. The molecule has 0 bridgehead atoms. The van der Waals surface area contributed by atoms with Crippen molar-refractivity contribution in [1.29, 1.82) is 0 Å². The molecule has 1 heterocycles. The molecule has 0 saturated heterocycles. The molecule has 1 aromatic heterocycles. The molecule has 0 saturated carbocycles. The first-order valence-corrected chi connectivity index (χ1v) is 8.82. The van der Waals surface area contributed by atoms with Gasteiger partial charge in [-0.1, -0.05) is 36.4 Å². The van der Waals surface area contributed by atoms with Gasteiger partial charge in [-0.15, -0.1) is 37.1 Å². The highest BCUT2D eigenvalue weighted by Crippen LogP contribution is 2.26. The monoisotopic (exact) mass is 531 g/mol. The third-order valence-corrected chi connectivity index (χ3v) is 3.98. The molecule has 2 aromatic carbocycles. The van der Waals surface area contributed by atoms with Crippen LogP contribution >= 0.6 is 24.0 Å². The van der Waals surface area contributed by atoms with Crippen molar-refractivity contribution in [3.05, 3.63) is 78.1 Å². The number of aromatic nitrogens is 2. The number of nitrogens with one attached hydrogen (secondary N) is 2. The highest BCUT2D eigenvalue weighted by atomic mass is 127. The molecule has 6 nitrogen and oxygen atoms in total. The number of hydrogen-bond donors (Lipinski definition) is 2. The van der Waals surface area contributed by atoms with Crippen molar-refractivity contribution in [2.75, 3.05) is 7.05 Å². The van der Waals surface area contributed by atoms with Gasteiger partial charge in [0.05, 0.1) is 11.9 Å². The second-order valence-corrected chi connectivity index (χ2v) is 6.06. The average molecular weight is 531 g/mol. The molecule has 3 rings (SSSR count). The normalized spacial score (nSPS) is 11.5. The molecule has 0 aliphatic rings. The van der Waals surface area contributed by atoms with E-state index in [2.05, 4.69) is 25.5 Å². The van der Waals surface area contributed by atoms with Crippen molar-refractivity contribution in [3.63, 3.8) is 0 Å². The summed E-state index contributed by atoms with van der Waals surface area (Å²) in [6.07, 6.45) is -1.11. The van der Waals surface area contributed by atoms with E-state index in [9.17, 15) is 13.2 Å². The minimum absolute atomic E-state index is 0. The fourth-order valence-electron chi connectivity index (χ4n) is 2.63. The number of benzene rings is 2. The first-order valence-electron chi connectivity index (χ1n) is 8.82. The van der Waals surface area contributed by atoms with Gasteiger partial charge in [-0.25, -0.2) is 4.68 Å². The molecular formula is C20H21F3IN5O. The second-order valence-electron chi connectivity index (χ2n) is 6.06. The fourth-order valence-corrected chi connectivity index (χ4v) is 2.63. The molecule has 0 unspecified atom stereocenters. The summed E-state index contributed by atoms with van der Waals surface area (Å²) in [6.45, 7) is 0.572. The number of guanidine groups is 1. The van der Waals surface area contributed by atoms with Crippen LogP contribution < -0.4 is 15.4 Å². The van der Waals surface area contributed by atoms with Crippen LogP contribution in [0.25, 0.3) is 5.69 Å². The first kappa shape index (κ1) is 23.5. The van der Waals surface area contributed by atoms with Crippen LogP contribution in [0.5, 0.6) is 5.75 Å². The van der Waals surface area contributed by atoms with Crippen molar-refractivity contribution in [2.45, 2.75) is 19.5 Å². The van der Waals surface area contributed by atoms with E-state index in [4.69, 9.17) is 0 Å². The smallest absolute Gasteiger partial charge is 0.405 e. The molecule has 160 valence electrons. The van der Waals surface area contributed by atoms with Gasteiger partial charge in [0.1, 0.15) is 5.75 Å². The Bertz CT molecular complexity index is 960. The molecule has 0 radical (unpaired) electrons. The van der Waals surface area contributed by atoms with Gasteiger partial charge in [-0.05, 0) is 18.2 Å². The SMILES string of the molecule is CN=C(NCc1cnn(-c2ccccc2)c1)NCc1ccccc1OC(F)(F)F.I. The molecule has 3 aromatic rings. The summed E-state index contributed by atoms with van der Waals surface area (Å²) in [5.74, 6) is 0.200. The molecule has 0 aliphatic heterocycles. The maximum Gasteiger partial charge on any atom is 0.573 e. The van der Waals surface area contributed by atoms with E-state index in [0.29, 0.717) is 18.1 Å². The van der Waals surface area contributed by atoms with Gasteiger partial charge in [-0.3, -0.25) is 4.99 Å². The van der Waals surface area contributed by atoms with Crippen LogP contribution in [0.2, 0.25) is 0 Å². The molecule has 0 fully saturated rings. The quantitative estimate of drug-likeness (QED) is 0.284. The lowest BCUT2D eigenvalue weighted by Crippen LogP contribution is -2.36. The molecule has 0 amide bonds. The van der Waals surface area contributed by atoms with Crippen LogP contribution in [0.4, 0.5) is 13.2 Å². The molecule has 2 N–H and O–H groups in total. The van der Waals surface area contributed by atoms with E-state index < -0.39 is 6.36 Å². The van der Waals surface area contributed by atoms with Gasteiger partial charge < -0.3 is 15.4 Å². The minimum Gasteiger partial charge on any atom is -0.405 e. The van der Waals surface area contributed by atoms with Crippen LogP contribution in [0.1, 0.15) is 11.1 Å². The van der Waals surface area contributed by atoms with Gasteiger partial charge in [0.2, 0.25) is 0 Å².